The van der Waals surface area contributed by atoms with Gasteiger partial charge in [-0.25, -0.2) is 14.9 Å². The maximum Gasteiger partial charge on any atom is 0.413 e. The summed E-state index contributed by atoms with van der Waals surface area (Å²) in [5, 5.41) is 9.92. The van der Waals surface area contributed by atoms with Crippen LogP contribution in [-0.2, 0) is 4.74 Å². The number of hydrogen-bond donors (Lipinski definition) is 2. The summed E-state index contributed by atoms with van der Waals surface area (Å²) in [5.74, 6) is 0.0905. The van der Waals surface area contributed by atoms with Crippen LogP contribution in [0.1, 0.15) is 46.1 Å². The van der Waals surface area contributed by atoms with E-state index in [1.165, 1.54) is 11.3 Å². The molecule has 2 aromatic heterocycles. The van der Waals surface area contributed by atoms with Crippen LogP contribution in [0.25, 0.3) is 21.8 Å². The Morgan fingerprint density at radius 3 is 2.48 bits per heavy atom. The number of H-pyrrole nitrogens is 1. The second-order valence-electron chi connectivity index (χ2n) is 7.88. The van der Waals surface area contributed by atoms with Crippen LogP contribution in [-0.4, -0.2) is 26.9 Å². The topological polar surface area (TPSA) is 97.0 Å². The highest BCUT2D eigenvalue weighted by Crippen LogP contribution is 2.40. The molecule has 29 heavy (non-hydrogen) atoms. The number of ether oxygens (including phenoxy) is 1. The Bertz CT molecular complexity index is 1070. The van der Waals surface area contributed by atoms with E-state index in [0.717, 1.165) is 16.0 Å². The van der Waals surface area contributed by atoms with Crippen molar-refractivity contribution in [3.8, 4) is 21.8 Å². The van der Waals surface area contributed by atoms with Gasteiger partial charge in [0.2, 0.25) is 0 Å². The van der Waals surface area contributed by atoms with Gasteiger partial charge in [0.1, 0.15) is 11.3 Å². The third kappa shape index (κ3) is 5.08. The number of aromatic nitrogens is 3. The number of amides is 1. The van der Waals surface area contributed by atoms with Crippen LogP contribution in [0.15, 0.2) is 41.2 Å². The number of benzene rings is 1. The minimum atomic E-state index is -0.613. The molecule has 0 spiro atoms. The summed E-state index contributed by atoms with van der Waals surface area (Å²) in [6.45, 7) is 9.41. The van der Waals surface area contributed by atoms with E-state index in [9.17, 15) is 9.59 Å². The number of anilines is 1. The zero-order valence-corrected chi connectivity index (χ0v) is 17.9. The van der Waals surface area contributed by atoms with Gasteiger partial charge in [0.15, 0.2) is 5.13 Å². The van der Waals surface area contributed by atoms with Crippen molar-refractivity contribution >= 4 is 22.6 Å². The average Bonchev–Trinajstić information content (AvgIpc) is 3.04. The summed E-state index contributed by atoms with van der Waals surface area (Å²) < 4.78 is 5.33. The van der Waals surface area contributed by atoms with Crippen molar-refractivity contribution < 1.29 is 9.53 Å². The van der Waals surface area contributed by atoms with E-state index >= 15 is 0 Å². The van der Waals surface area contributed by atoms with E-state index in [0.29, 0.717) is 16.5 Å². The van der Waals surface area contributed by atoms with E-state index in [1.54, 1.807) is 26.8 Å². The molecular weight excluding hydrogens is 388 g/mol. The third-order valence-electron chi connectivity index (χ3n) is 3.96. The standard InChI is InChI=1S/C21H24N4O3S/c1-12(2)14-11-15(26)24-25-17(14)18-16(13-9-7-6-8-10-13)22-19(29-18)23-20(27)28-21(3,4)5/h6-12H,1-5H3,(H,24,26)(H,22,23,27). The molecule has 0 aliphatic carbocycles. The molecule has 0 atom stereocenters. The first-order chi connectivity index (χ1) is 13.6. The molecule has 1 amide bonds. The van der Waals surface area contributed by atoms with Crippen LogP contribution >= 0.6 is 11.3 Å². The van der Waals surface area contributed by atoms with Crippen LogP contribution in [0, 0.1) is 0 Å². The SMILES string of the molecule is CC(C)c1cc(=O)[nH]nc1-c1sc(NC(=O)OC(C)(C)C)nc1-c1ccccc1. The summed E-state index contributed by atoms with van der Waals surface area (Å²) in [6, 6.07) is 11.2. The van der Waals surface area contributed by atoms with Crippen LogP contribution in [0.2, 0.25) is 0 Å². The Balaban J connectivity index is 2.10. The predicted octanol–water partition coefficient (Wildman–Crippen LogP) is 5.03. The molecule has 0 fully saturated rings. The Hall–Kier alpha value is -3.00. The molecule has 152 valence electrons. The van der Waals surface area contributed by atoms with E-state index in [2.05, 4.69) is 20.5 Å². The number of aromatic amines is 1. The molecular formula is C21H24N4O3S. The molecule has 8 heteroatoms. The van der Waals surface area contributed by atoms with Crippen molar-refractivity contribution in [2.45, 2.75) is 46.1 Å². The second kappa shape index (κ2) is 8.16. The number of hydrogen-bond acceptors (Lipinski definition) is 6. The fraction of sp³-hybridized carbons (Fsp3) is 0.333. The van der Waals surface area contributed by atoms with Crippen LogP contribution in [0.5, 0.6) is 0 Å². The van der Waals surface area contributed by atoms with Crippen molar-refractivity contribution in [2.75, 3.05) is 5.32 Å². The largest absolute Gasteiger partial charge is 0.444 e. The first-order valence-corrected chi connectivity index (χ1v) is 10.1. The van der Waals surface area contributed by atoms with Gasteiger partial charge < -0.3 is 4.74 Å². The van der Waals surface area contributed by atoms with Crippen LogP contribution < -0.4 is 10.9 Å². The summed E-state index contributed by atoms with van der Waals surface area (Å²) in [4.78, 5) is 29.4. The van der Waals surface area contributed by atoms with E-state index in [1.807, 2.05) is 44.2 Å². The van der Waals surface area contributed by atoms with E-state index < -0.39 is 11.7 Å². The van der Waals surface area contributed by atoms with Gasteiger partial charge in [-0.3, -0.25) is 10.1 Å². The smallest absolute Gasteiger partial charge is 0.413 e. The molecule has 3 rings (SSSR count). The molecule has 3 aromatic rings. The van der Waals surface area contributed by atoms with Crippen molar-refractivity contribution in [1.82, 2.24) is 15.2 Å². The number of rotatable bonds is 4. The minimum Gasteiger partial charge on any atom is -0.444 e. The van der Waals surface area contributed by atoms with Gasteiger partial charge in [-0.2, -0.15) is 5.10 Å². The van der Waals surface area contributed by atoms with Gasteiger partial charge in [0.05, 0.1) is 10.6 Å². The lowest BCUT2D eigenvalue weighted by Crippen LogP contribution is -2.27. The highest BCUT2D eigenvalue weighted by atomic mass is 32.1. The van der Waals surface area contributed by atoms with Gasteiger partial charge in [-0.15, -0.1) is 0 Å². The lowest BCUT2D eigenvalue weighted by molar-refractivity contribution is 0.0636. The Kier molecular flexibility index (Phi) is 5.83. The molecule has 0 unspecified atom stereocenters. The van der Waals surface area contributed by atoms with Gasteiger partial charge in [0, 0.05) is 11.6 Å². The molecule has 0 saturated heterocycles. The summed E-state index contributed by atoms with van der Waals surface area (Å²) in [7, 11) is 0. The Labute approximate surface area is 173 Å². The van der Waals surface area contributed by atoms with Gasteiger partial charge >= 0.3 is 6.09 Å². The third-order valence-corrected chi connectivity index (χ3v) is 4.93. The maximum atomic E-state index is 12.2. The summed E-state index contributed by atoms with van der Waals surface area (Å²) in [5.41, 5.74) is 2.17. The van der Waals surface area contributed by atoms with Crippen molar-refractivity contribution in [3.05, 3.63) is 52.3 Å². The van der Waals surface area contributed by atoms with Crippen LogP contribution in [0.4, 0.5) is 9.93 Å². The van der Waals surface area contributed by atoms with E-state index in [-0.39, 0.29) is 11.5 Å². The highest BCUT2D eigenvalue weighted by molar-refractivity contribution is 7.19. The monoisotopic (exact) mass is 412 g/mol. The fourth-order valence-electron chi connectivity index (χ4n) is 2.76. The lowest BCUT2D eigenvalue weighted by atomic mass is 10.00. The highest BCUT2D eigenvalue weighted by Gasteiger charge is 2.23. The van der Waals surface area contributed by atoms with Crippen molar-refractivity contribution in [2.24, 2.45) is 0 Å². The first kappa shape index (κ1) is 20.7. The molecule has 1 aromatic carbocycles. The maximum absolute atomic E-state index is 12.2. The van der Waals surface area contributed by atoms with Crippen LogP contribution in [0.3, 0.4) is 0 Å². The van der Waals surface area contributed by atoms with Crippen molar-refractivity contribution in [3.63, 3.8) is 0 Å². The van der Waals surface area contributed by atoms with E-state index in [4.69, 9.17) is 4.74 Å². The molecule has 2 heterocycles. The minimum absolute atomic E-state index is 0.0905. The zero-order chi connectivity index (χ0) is 21.2. The van der Waals surface area contributed by atoms with Crippen molar-refractivity contribution in [1.29, 1.82) is 0 Å². The average molecular weight is 413 g/mol. The normalized spacial score (nSPS) is 11.5. The summed E-state index contributed by atoms with van der Waals surface area (Å²) in [6.07, 6.45) is -0.573. The van der Waals surface area contributed by atoms with Gasteiger partial charge in [-0.1, -0.05) is 55.5 Å². The fourth-order valence-corrected chi connectivity index (χ4v) is 3.74. The molecule has 7 nitrogen and oxygen atoms in total. The molecule has 0 aliphatic heterocycles. The molecule has 0 aliphatic rings. The quantitative estimate of drug-likeness (QED) is 0.626. The number of thiazole rings is 1. The lowest BCUT2D eigenvalue weighted by Gasteiger charge is -2.18. The Morgan fingerprint density at radius 2 is 1.86 bits per heavy atom. The van der Waals surface area contributed by atoms with Gasteiger partial charge in [0.25, 0.3) is 5.56 Å². The Morgan fingerprint density at radius 1 is 1.17 bits per heavy atom. The van der Waals surface area contributed by atoms with Gasteiger partial charge in [-0.05, 0) is 32.3 Å². The number of nitrogens with one attached hydrogen (secondary N) is 2. The molecule has 2 N–H and O–H groups in total. The number of nitrogens with zero attached hydrogens (tertiary/aromatic N) is 2. The molecule has 0 bridgehead atoms. The first-order valence-electron chi connectivity index (χ1n) is 9.30. The number of carbonyl (C=O) groups excluding carboxylic acids is 1. The zero-order valence-electron chi connectivity index (χ0n) is 17.1. The molecule has 0 saturated carbocycles. The summed E-state index contributed by atoms with van der Waals surface area (Å²) >= 11 is 1.29. The molecule has 0 radical (unpaired) electrons. The predicted molar refractivity (Wildman–Crippen MR) is 115 cm³/mol. The second-order valence-corrected chi connectivity index (χ2v) is 8.88. The number of carbonyl (C=O) groups is 1.